The zero-order chi connectivity index (χ0) is 20.4. The lowest BCUT2D eigenvalue weighted by Crippen LogP contribution is -2.10. The van der Waals surface area contributed by atoms with Gasteiger partial charge in [0.25, 0.3) is 5.91 Å². The number of ether oxygens (including phenoxy) is 1. The van der Waals surface area contributed by atoms with Crippen molar-refractivity contribution in [1.29, 1.82) is 0 Å². The maximum absolute atomic E-state index is 12.9. The fraction of sp³-hybridized carbons (Fsp3) is 0.0435. The summed E-state index contributed by atoms with van der Waals surface area (Å²) in [4.78, 5) is 24.7. The Morgan fingerprint density at radius 2 is 1.69 bits per heavy atom. The van der Waals surface area contributed by atoms with Gasteiger partial charge in [0.05, 0.1) is 29.6 Å². The Morgan fingerprint density at radius 3 is 2.38 bits per heavy atom. The third-order valence-corrected chi connectivity index (χ3v) is 5.14. The first kappa shape index (κ1) is 19.0. The van der Waals surface area contributed by atoms with E-state index in [0.29, 0.717) is 22.5 Å². The minimum absolute atomic E-state index is 0.231. The Balaban J connectivity index is 1.86. The van der Waals surface area contributed by atoms with Crippen LogP contribution >= 0.6 is 15.9 Å². The van der Waals surface area contributed by atoms with E-state index in [1.165, 1.54) is 7.11 Å². The van der Waals surface area contributed by atoms with Gasteiger partial charge < -0.3 is 15.4 Å². The number of rotatable bonds is 4. The Bertz CT molecular complexity index is 1120. The van der Waals surface area contributed by atoms with E-state index in [0.717, 1.165) is 21.3 Å². The number of nitrogens with one attached hydrogen (secondary N) is 2. The number of hydrogen-bond donors (Lipinski definition) is 2. The van der Waals surface area contributed by atoms with Crippen LogP contribution in [0, 0.1) is 0 Å². The van der Waals surface area contributed by atoms with Gasteiger partial charge in [-0.15, -0.1) is 0 Å². The molecule has 4 rings (SSSR count). The van der Waals surface area contributed by atoms with Crippen molar-refractivity contribution >= 4 is 50.5 Å². The van der Waals surface area contributed by atoms with Crippen LogP contribution in [0.1, 0.15) is 21.5 Å². The Labute approximate surface area is 176 Å². The quantitative estimate of drug-likeness (QED) is 0.426. The third-order valence-electron chi connectivity index (χ3n) is 4.61. The van der Waals surface area contributed by atoms with Crippen LogP contribution in [-0.2, 0) is 9.53 Å². The maximum Gasteiger partial charge on any atom is 0.337 e. The van der Waals surface area contributed by atoms with E-state index < -0.39 is 5.97 Å². The molecule has 0 radical (unpaired) electrons. The molecule has 29 heavy (non-hydrogen) atoms. The first-order valence-electron chi connectivity index (χ1n) is 8.93. The average molecular weight is 449 g/mol. The van der Waals surface area contributed by atoms with Crippen LogP contribution in [0.2, 0.25) is 0 Å². The highest BCUT2D eigenvalue weighted by molar-refractivity contribution is 9.10. The normalized spacial score (nSPS) is 14.1. The lowest BCUT2D eigenvalue weighted by atomic mass is 9.99. The van der Waals surface area contributed by atoms with Crippen molar-refractivity contribution in [3.63, 3.8) is 0 Å². The standard InChI is InChI=1S/C23H17BrN2O3/c1-29-23(28)15-7-12-18-19(13-15)26-22(27)20(18)21(14-5-3-2-4-6-14)25-17-10-8-16(24)9-11-17/h2-13,25H,1H3,(H,26,27). The highest BCUT2D eigenvalue weighted by Crippen LogP contribution is 2.38. The molecule has 0 bridgehead atoms. The Kier molecular flexibility index (Phi) is 5.18. The smallest absolute Gasteiger partial charge is 0.337 e. The van der Waals surface area contributed by atoms with Gasteiger partial charge in [-0.05, 0) is 42.0 Å². The number of fused-ring (bicyclic) bond motifs is 1. The fourth-order valence-corrected chi connectivity index (χ4v) is 3.49. The van der Waals surface area contributed by atoms with Crippen LogP contribution in [0.5, 0.6) is 0 Å². The number of halogens is 1. The zero-order valence-electron chi connectivity index (χ0n) is 15.5. The summed E-state index contributed by atoms with van der Waals surface area (Å²) in [5.74, 6) is -0.679. The van der Waals surface area contributed by atoms with Gasteiger partial charge in [-0.25, -0.2) is 4.79 Å². The molecule has 1 amide bonds. The summed E-state index contributed by atoms with van der Waals surface area (Å²) in [7, 11) is 1.33. The number of benzene rings is 3. The van der Waals surface area contributed by atoms with Crippen molar-refractivity contribution in [3.05, 3.63) is 94.0 Å². The summed E-state index contributed by atoms with van der Waals surface area (Å²) in [5.41, 5.74) is 4.64. The highest BCUT2D eigenvalue weighted by Gasteiger charge is 2.29. The second-order valence-corrected chi connectivity index (χ2v) is 7.37. The predicted molar refractivity (Wildman–Crippen MR) is 117 cm³/mol. The van der Waals surface area contributed by atoms with Gasteiger partial charge in [-0.1, -0.05) is 52.3 Å². The number of amides is 1. The minimum Gasteiger partial charge on any atom is -0.465 e. The molecule has 144 valence electrons. The summed E-state index contributed by atoms with van der Waals surface area (Å²) >= 11 is 3.44. The number of carbonyl (C=O) groups excluding carboxylic acids is 2. The van der Waals surface area contributed by atoms with Crippen molar-refractivity contribution in [2.75, 3.05) is 17.7 Å². The molecule has 5 nitrogen and oxygen atoms in total. The summed E-state index contributed by atoms with van der Waals surface area (Å²) in [6.45, 7) is 0. The molecule has 0 saturated heterocycles. The predicted octanol–water partition coefficient (Wildman–Crippen LogP) is 5.17. The molecule has 0 fully saturated rings. The molecule has 6 heteroatoms. The first-order valence-corrected chi connectivity index (χ1v) is 9.72. The topological polar surface area (TPSA) is 67.4 Å². The van der Waals surface area contributed by atoms with E-state index in [4.69, 9.17) is 4.74 Å². The monoisotopic (exact) mass is 448 g/mol. The van der Waals surface area contributed by atoms with Crippen LogP contribution in [-0.4, -0.2) is 19.0 Å². The average Bonchev–Trinajstić information content (AvgIpc) is 3.08. The van der Waals surface area contributed by atoms with E-state index in [1.54, 1.807) is 18.2 Å². The molecule has 1 aliphatic heterocycles. The Hall–Kier alpha value is -3.38. The van der Waals surface area contributed by atoms with Crippen molar-refractivity contribution in [3.8, 4) is 0 Å². The van der Waals surface area contributed by atoms with Gasteiger partial charge in [0.2, 0.25) is 0 Å². The summed E-state index contributed by atoms with van der Waals surface area (Å²) in [6, 6.07) is 22.5. The molecule has 0 spiro atoms. The molecular formula is C23H17BrN2O3. The van der Waals surface area contributed by atoms with Gasteiger partial charge in [0, 0.05) is 15.7 Å². The molecule has 3 aromatic rings. The maximum atomic E-state index is 12.9. The number of carbonyl (C=O) groups is 2. The molecule has 0 unspecified atom stereocenters. The van der Waals surface area contributed by atoms with E-state index in [1.807, 2.05) is 54.6 Å². The molecule has 0 saturated carbocycles. The number of anilines is 2. The SMILES string of the molecule is COC(=O)c1ccc2c(c1)NC(=O)C2=C(Nc1ccc(Br)cc1)c1ccccc1. The lowest BCUT2D eigenvalue weighted by molar-refractivity contribution is -0.110. The molecule has 1 heterocycles. The first-order chi connectivity index (χ1) is 14.1. The number of hydrogen-bond acceptors (Lipinski definition) is 4. The van der Waals surface area contributed by atoms with Crippen molar-refractivity contribution < 1.29 is 14.3 Å². The summed E-state index contributed by atoms with van der Waals surface area (Å²) in [5, 5.41) is 6.25. The van der Waals surface area contributed by atoms with E-state index in [9.17, 15) is 9.59 Å². The number of methoxy groups -OCH3 is 1. The summed E-state index contributed by atoms with van der Waals surface area (Å²) < 4.78 is 5.74. The molecule has 2 N–H and O–H groups in total. The lowest BCUT2D eigenvalue weighted by Gasteiger charge is -2.15. The van der Waals surface area contributed by atoms with Gasteiger partial charge in [-0.2, -0.15) is 0 Å². The van der Waals surface area contributed by atoms with Gasteiger partial charge >= 0.3 is 5.97 Å². The minimum atomic E-state index is -0.448. The van der Waals surface area contributed by atoms with Crippen LogP contribution in [0.15, 0.2) is 77.3 Å². The Morgan fingerprint density at radius 1 is 0.966 bits per heavy atom. The van der Waals surface area contributed by atoms with E-state index in [2.05, 4.69) is 26.6 Å². The largest absolute Gasteiger partial charge is 0.465 e. The molecular weight excluding hydrogens is 432 g/mol. The molecule has 0 aliphatic carbocycles. The zero-order valence-corrected chi connectivity index (χ0v) is 17.1. The highest BCUT2D eigenvalue weighted by atomic mass is 79.9. The van der Waals surface area contributed by atoms with Crippen molar-refractivity contribution in [2.45, 2.75) is 0 Å². The second kappa shape index (κ2) is 7.93. The van der Waals surface area contributed by atoms with Crippen molar-refractivity contribution in [1.82, 2.24) is 0 Å². The third kappa shape index (κ3) is 3.79. The fourth-order valence-electron chi connectivity index (χ4n) is 3.23. The van der Waals surface area contributed by atoms with Crippen molar-refractivity contribution in [2.24, 2.45) is 0 Å². The van der Waals surface area contributed by atoms with Gasteiger partial charge in [0.15, 0.2) is 0 Å². The molecule has 0 atom stereocenters. The molecule has 1 aliphatic rings. The van der Waals surface area contributed by atoms with E-state index >= 15 is 0 Å². The van der Waals surface area contributed by atoms with Crippen LogP contribution < -0.4 is 10.6 Å². The van der Waals surface area contributed by atoms with Gasteiger partial charge in [0.1, 0.15) is 0 Å². The van der Waals surface area contributed by atoms with E-state index in [-0.39, 0.29) is 5.91 Å². The van der Waals surface area contributed by atoms with Crippen LogP contribution in [0.4, 0.5) is 11.4 Å². The second-order valence-electron chi connectivity index (χ2n) is 6.45. The number of esters is 1. The summed E-state index contributed by atoms with van der Waals surface area (Å²) in [6.07, 6.45) is 0. The van der Waals surface area contributed by atoms with Crippen LogP contribution in [0.3, 0.4) is 0 Å². The molecule has 3 aromatic carbocycles. The van der Waals surface area contributed by atoms with Crippen LogP contribution in [0.25, 0.3) is 11.3 Å². The van der Waals surface area contributed by atoms with Gasteiger partial charge in [-0.3, -0.25) is 4.79 Å². The molecule has 0 aromatic heterocycles.